The van der Waals surface area contributed by atoms with E-state index < -0.39 is 0 Å². The third kappa shape index (κ3) is 5.58. The largest absolute Gasteiger partial charge is 0.316 e. The predicted octanol–water partition coefficient (Wildman–Crippen LogP) is 2.77. The highest BCUT2D eigenvalue weighted by Crippen LogP contribution is 2.22. The molecule has 1 unspecified atom stereocenters. The van der Waals surface area contributed by atoms with Crippen LogP contribution >= 0.6 is 11.8 Å². The molecule has 1 atom stereocenters. The minimum absolute atomic E-state index is 0.865. The molecule has 1 aliphatic rings. The molecule has 0 aromatic carbocycles. The molecule has 0 amide bonds. The predicted molar refractivity (Wildman–Crippen MR) is 62.4 cm³/mol. The van der Waals surface area contributed by atoms with Gasteiger partial charge in [-0.25, -0.2) is 0 Å². The highest BCUT2D eigenvalue weighted by Gasteiger charge is 2.14. The Morgan fingerprint density at radius 3 is 2.92 bits per heavy atom. The number of rotatable bonds is 6. The van der Waals surface area contributed by atoms with Crippen molar-refractivity contribution in [2.24, 2.45) is 11.8 Å². The minimum Gasteiger partial charge on any atom is -0.316 e. The van der Waals surface area contributed by atoms with Crippen LogP contribution in [0.3, 0.4) is 0 Å². The summed E-state index contributed by atoms with van der Waals surface area (Å²) >= 11 is 2.11. The van der Waals surface area contributed by atoms with Gasteiger partial charge in [-0.05, 0) is 55.7 Å². The summed E-state index contributed by atoms with van der Waals surface area (Å²) in [5.74, 6) is 4.60. The summed E-state index contributed by atoms with van der Waals surface area (Å²) in [6.07, 6.45) is 4.14. The molecule has 0 spiro atoms. The molecule has 0 radical (unpaired) electrons. The first-order valence-electron chi connectivity index (χ1n) is 5.57. The van der Waals surface area contributed by atoms with Crippen LogP contribution in [-0.4, -0.2) is 24.6 Å². The number of nitrogens with one attached hydrogen (secondary N) is 1. The smallest absolute Gasteiger partial charge is 0.00123 e. The monoisotopic (exact) mass is 201 g/mol. The Morgan fingerprint density at radius 1 is 1.46 bits per heavy atom. The fraction of sp³-hybridized carbons (Fsp3) is 1.00. The molecule has 0 aliphatic carbocycles. The van der Waals surface area contributed by atoms with Crippen LogP contribution < -0.4 is 5.32 Å². The van der Waals surface area contributed by atoms with E-state index in [0.717, 1.165) is 11.8 Å². The van der Waals surface area contributed by atoms with Crippen LogP contribution in [0, 0.1) is 11.8 Å². The summed E-state index contributed by atoms with van der Waals surface area (Å²) in [5.41, 5.74) is 0. The third-order valence-electron chi connectivity index (χ3n) is 2.59. The average Bonchev–Trinajstić information content (AvgIpc) is 2.55. The molecule has 1 aliphatic heterocycles. The topological polar surface area (TPSA) is 12.0 Å². The molecule has 78 valence electrons. The van der Waals surface area contributed by atoms with Crippen LogP contribution in [0.2, 0.25) is 0 Å². The van der Waals surface area contributed by atoms with E-state index in [1.165, 1.54) is 43.9 Å². The molecule has 1 rings (SSSR count). The van der Waals surface area contributed by atoms with E-state index in [2.05, 4.69) is 30.9 Å². The summed E-state index contributed by atoms with van der Waals surface area (Å²) in [5, 5.41) is 3.57. The van der Waals surface area contributed by atoms with Gasteiger partial charge in [-0.3, -0.25) is 0 Å². The lowest BCUT2D eigenvalue weighted by Gasteiger charge is -2.10. The van der Waals surface area contributed by atoms with Crippen molar-refractivity contribution in [1.82, 2.24) is 5.32 Å². The van der Waals surface area contributed by atoms with E-state index in [-0.39, 0.29) is 0 Å². The van der Waals surface area contributed by atoms with Gasteiger partial charge < -0.3 is 5.32 Å². The molecule has 0 aromatic rings. The summed E-state index contributed by atoms with van der Waals surface area (Å²) in [7, 11) is 0. The summed E-state index contributed by atoms with van der Waals surface area (Å²) in [6, 6.07) is 0. The normalized spacial score (nSPS) is 22.8. The van der Waals surface area contributed by atoms with E-state index in [9.17, 15) is 0 Å². The Bertz CT molecular complexity index is 119. The molecular formula is C11H23NS. The zero-order chi connectivity index (χ0) is 9.52. The van der Waals surface area contributed by atoms with Crippen molar-refractivity contribution in [3.8, 4) is 0 Å². The van der Waals surface area contributed by atoms with Crippen molar-refractivity contribution >= 4 is 11.8 Å². The third-order valence-corrected chi connectivity index (χ3v) is 3.82. The molecule has 0 aromatic heterocycles. The van der Waals surface area contributed by atoms with Gasteiger partial charge in [0, 0.05) is 0 Å². The fourth-order valence-electron chi connectivity index (χ4n) is 1.69. The van der Waals surface area contributed by atoms with Gasteiger partial charge >= 0.3 is 0 Å². The minimum atomic E-state index is 0.865. The van der Waals surface area contributed by atoms with Crippen LogP contribution in [-0.2, 0) is 0 Å². The Morgan fingerprint density at radius 2 is 2.31 bits per heavy atom. The maximum absolute atomic E-state index is 3.57. The van der Waals surface area contributed by atoms with Crippen molar-refractivity contribution < 1.29 is 0 Å². The lowest BCUT2D eigenvalue weighted by atomic mass is 10.1. The lowest BCUT2D eigenvalue weighted by Crippen LogP contribution is -2.23. The zero-order valence-corrected chi connectivity index (χ0v) is 9.83. The van der Waals surface area contributed by atoms with E-state index in [1.807, 2.05) is 0 Å². The molecule has 0 saturated carbocycles. The van der Waals surface area contributed by atoms with Gasteiger partial charge in [-0.15, -0.1) is 0 Å². The summed E-state index contributed by atoms with van der Waals surface area (Å²) in [4.78, 5) is 0. The van der Waals surface area contributed by atoms with Gasteiger partial charge in [0.15, 0.2) is 0 Å². The maximum atomic E-state index is 3.57. The Labute approximate surface area is 87.1 Å². The molecule has 13 heavy (non-hydrogen) atoms. The van der Waals surface area contributed by atoms with Gasteiger partial charge in [-0.1, -0.05) is 13.8 Å². The summed E-state index contributed by atoms with van der Waals surface area (Å²) < 4.78 is 0. The van der Waals surface area contributed by atoms with E-state index in [1.54, 1.807) is 0 Å². The molecule has 1 N–H and O–H groups in total. The Balaban J connectivity index is 1.83. The zero-order valence-electron chi connectivity index (χ0n) is 9.01. The van der Waals surface area contributed by atoms with Gasteiger partial charge in [0.25, 0.3) is 0 Å². The molecule has 1 nitrogen and oxygen atoms in total. The first kappa shape index (κ1) is 11.4. The second kappa shape index (κ2) is 6.72. The molecule has 1 fully saturated rings. The molecule has 0 bridgehead atoms. The van der Waals surface area contributed by atoms with E-state index >= 15 is 0 Å². The van der Waals surface area contributed by atoms with Gasteiger partial charge in [0.1, 0.15) is 0 Å². The second-order valence-electron chi connectivity index (χ2n) is 4.47. The second-order valence-corrected chi connectivity index (χ2v) is 5.62. The SMILES string of the molecule is CC(C)CCCNCC1CCSC1. The first-order valence-corrected chi connectivity index (χ1v) is 6.73. The quantitative estimate of drug-likeness (QED) is 0.663. The van der Waals surface area contributed by atoms with Crippen molar-refractivity contribution in [2.75, 3.05) is 24.6 Å². The van der Waals surface area contributed by atoms with Crippen LogP contribution in [0.1, 0.15) is 33.1 Å². The number of hydrogen-bond acceptors (Lipinski definition) is 2. The van der Waals surface area contributed by atoms with Crippen molar-refractivity contribution in [1.29, 1.82) is 0 Å². The molecule has 1 heterocycles. The van der Waals surface area contributed by atoms with Crippen molar-refractivity contribution in [2.45, 2.75) is 33.1 Å². The highest BCUT2D eigenvalue weighted by atomic mass is 32.2. The molecule has 1 saturated heterocycles. The van der Waals surface area contributed by atoms with Gasteiger partial charge in [0.2, 0.25) is 0 Å². The Hall–Kier alpha value is 0.310. The average molecular weight is 201 g/mol. The molecule has 2 heteroatoms. The van der Waals surface area contributed by atoms with Crippen LogP contribution in [0.5, 0.6) is 0 Å². The lowest BCUT2D eigenvalue weighted by molar-refractivity contribution is 0.486. The maximum Gasteiger partial charge on any atom is -0.00123 e. The number of hydrogen-bond donors (Lipinski definition) is 1. The van der Waals surface area contributed by atoms with Crippen molar-refractivity contribution in [3.05, 3.63) is 0 Å². The van der Waals surface area contributed by atoms with Crippen LogP contribution in [0.4, 0.5) is 0 Å². The van der Waals surface area contributed by atoms with Gasteiger partial charge in [-0.2, -0.15) is 11.8 Å². The molecular weight excluding hydrogens is 178 g/mol. The standard InChI is InChI=1S/C11H23NS/c1-10(2)4-3-6-12-8-11-5-7-13-9-11/h10-12H,3-9H2,1-2H3. The first-order chi connectivity index (χ1) is 6.29. The van der Waals surface area contributed by atoms with Crippen molar-refractivity contribution in [3.63, 3.8) is 0 Å². The summed E-state index contributed by atoms with van der Waals surface area (Å²) in [6.45, 7) is 7.08. The van der Waals surface area contributed by atoms with E-state index in [0.29, 0.717) is 0 Å². The Kier molecular flexibility index (Phi) is 5.88. The fourth-order valence-corrected chi connectivity index (χ4v) is 2.97. The van der Waals surface area contributed by atoms with Crippen LogP contribution in [0.25, 0.3) is 0 Å². The highest BCUT2D eigenvalue weighted by molar-refractivity contribution is 7.99. The number of thioether (sulfide) groups is 1. The van der Waals surface area contributed by atoms with Gasteiger partial charge in [0.05, 0.1) is 0 Å². The van der Waals surface area contributed by atoms with E-state index in [4.69, 9.17) is 0 Å². The van der Waals surface area contributed by atoms with Crippen LogP contribution in [0.15, 0.2) is 0 Å².